The van der Waals surface area contributed by atoms with Crippen LogP contribution in [0.4, 0.5) is 0 Å². The molecule has 0 fully saturated rings. The van der Waals surface area contributed by atoms with Crippen LogP contribution in [0.5, 0.6) is 0 Å². The number of allylic oxidation sites excluding steroid dienone is 4. The Morgan fingerprint density at radius 2 is 1.14 bits per heavy atom. The highest BCUT2D eigenvalue weighted by Crippen LogP contribution is 2.38. The van der Waals surface area contributed by atoms with Crippen LogP contribution in [0.15, 0.2) is 113 Å². The van der Waals surface area contributed by atoms with Crippen LogP contribution in [-0.2, 0) is 6.04 Å². The molecule has 0 nitrogen and oxygen atoms in total. The minimum absolute atomic E-state index is 0.482. The molecule has 1 aliphatic rings. The van der Waals surface area contributed by atoms with Crippen molar-refractivity contribution in [3.8, 4) is 0 Å². The van der Waals surface area contributed by atoms with Crippen molar-refractivity contribution in [2.45, 2.75) is 26.8 Å². The van der Waals surface area contributed by atoms with Crippen molar-refractivity contribution in [1.82, 2.24) is 0 Å². The van der Waals surface area contributed by atoms with Crippen molar-refractivity contribution in [3.05, 3.63) is 119 Å². The van der Waals surface area contributed by atoms with Crippen LogP contribution < -0.4 is 10.4 Å². The summed E-state index contributed by atoms with van der Waals surface area (Å²) in [6, 6.07) is 34.7. The minimum Gasteiger partial charge on any atom is -0.0748 e. The molecule has 4 rings (SSSR count). The Kier molecular flexibility index (Phi) is 5.19. The van der Waals surface area contributed by atoms with Gasteiger partial charge in [-0.3, -0.25) is 0 Å². The highest BCUT2D eigenvalue weighted by molar-refractivity contribution is 7.07. The van der Waals surface area contributed by atoms with Gasteiger partial charge in [0, 0.05) is 0 Å². The van der Waals surface area contributed by atoms with Crippen LogP contribution in [0.25, 0.3) is 0 Å². The van der Waals surface area contributed by atoms with Crippen LogP contribution in [0.3, 0.4) is 0 Å². The Morgan fingerprint density at radius 1 is 0.679 bits per heavy atom. The van der Waals surface area contributed by atoms with Gasteiger partial charge in [-0.05, 0) is 41.7 Å². The smallest absolute Gasteiger partial charge is 0.0748 e. The lowest BCUT2D eigenvalue weighted by Crippen LogP contribution is -2.63. The summed E-state index contributed by atoms with van der Waals surface area (Å²) in [5.41, 5.74) is 4.38. The molecule has 3 aromatic rings. The van der Waals surface area contributed by atoms with Gasteiger partial charge < -0.3 is 0 Å². The molecule has 1 atom stereocenters. The van der Waals surface area contributed by atoms with Crippen molar-refractivity contribution < 1.29 is 0 Å². The van der Waals surface area contributed by atoms with E-state index < -0.39 is 8.07 Å². The Hall–Kier alpha value is -2.64. The highest BCUT2D eigenvalue weighted by Gasteiger charge is 2.44. The minimum atomic E-state index is -2.20. The zero-order valence-corrected chi connectivity index (χ0v) is 18.0. The zero-order valence-electron chi connectivity index (χ0n) is 17.0. The van der Waals surface area contributed by atoms with Gasteiger partial charge in [0.15, 0.2) is 0 Å². The van der Waals surface area contributed by atoms with E-state index in [2.05, 4.69) is 118 Å². The second-order valence-corrected chi connectivity index (χ2v) is 11.8. The first-order valence-electron chi connectivity index (χ1n) is 10.2. The quantitative estimate of drug-likeness (QED) is 0.514. The Bertz CT molecular complexity index is 958. The fourth-order valence-electron chi connectivity index (χ4n) is 4.97. The second-order valence-electron chi connectivity index (χ2n) is 7.98. The standard InChI is InChI=1S/C27H28Si/c1-21-19-22(2)27(23(21)3)28(25-15-9-5-10-16-25,26-17-11-6-12-18-26)20-24-13-7-4-8-14-24/h4-19,22H,20H2,1-3H3. The molecule has 140 valence electrons. The van der Waals surface area contributed by atoms with Crippen molar-refractivity contribution in [2.75, 3.05) is 0 Å². The lowest BCUT2D eigenvalue weighted by Gasteiger charge is -2.38. The molecule has 1 heteroatoms. The number of hydrogen-bond donors (Lipinski definition) is 0. The monoisotopic (exact) mass is 380 g/mol. The van der Waals surface area contributed by atoms with Crippen molar-refractivity contribution in [3.63, 3.8) is 0 Å². The number of rotatable bonds is 5. The molecule has 0 bridgehead atoms. The predicted octanol–water partition coefficient (Wildman–Crippen LogP) is 5.48. The summed E-state index contributed by atoms with van der Waals surface area (Å²) in [5.74, 6) is 0.482. The summed E-state index contributed by atoms with van der Waals surface area (Å²) >= 11 is 0. The summed E-state index contributed by atoms with van der Waals surface area (Å²) in [4.78, 5) is 0. The van der Waals surface area contributed by atoms with E-state index in [1.807, 2.05) is 0 Å². The van der Waals surface area contributed by atoms with E-state index >= 15 is 0 Å². The van der Waals surface area contributed by atoms with Crippen LogP contribution in [0, 0.1) is 5.92 Å². The van der Waals surface area contributed by atoms with Crippen molar-refractivity contribution in [1.29, 1.82) is 0 Å². The summed E-state index contributed by atoms with van der Waals surface area (Å²) in [6.45, 7) is 6.99. The fourth-order valence-corrected chi connectivity index (χ4v) is 10.6. The SMILES string of the molecule is CC1=CC(C)C([Si](Cc2ccccc2)(c2ccccc2)c2ccccc2)=C1C. The third-order valence-electron chi connectivity index (χ3n) is 6.26. The van der Waals surface area contributed by atoms with Gasteiger partial charge in [0.1, 0.15) is 8.07 Å². The van der Waals surface area contributed by atoms with Gasteiger partial charge in [-0.15, -0.1) is 0 Å². The van der Waals surface area contributed by atoms with Crippen LogP contribution in [-0.4, -0.2) is 8.07 Å². The molecule has 1 aliphatic carbocycles. The Balaban J connectivity index is 2.04. The first kappa shape index (κ1) is 18.7. The zero-order chi connectivity index (χ0) is 19.6. The van der Waals surface area contributed by atoms with E-state index in [4.69, 9.17) is 0 Å². The van der Waals surface area contributed by atoms with Gasteiger partial charge in [-0.2, -0.15) is 0 Å². The molecule has 3 aromatic carbocycles. The Morgan fingerprint density at radius 3 is 1.57 bits per heavy atom. The molecule has 28 heavy (non-hydrogen) atoms. The summed E-state index contributed by atoms with van der Waals surface area (Å²) < 4.78 is 0. The molecule has 1 unspecified atom stereocenters. The molecular weight excluding hydrogens is 352 g/mol. The van der Waals surface area contributed by atoms with E-state index in [9.17, 15) is 0 Å². The van der Waals surface area contributed by atoms with Gasteiger partial charge in [0.05, 0.1) is 0 Å². The van der Waals surface area contributed by atoms with Crippen LogP contribution >= 0.6 is 0 Å². The molecule has 0 aromatic heterocycles. The van der Waals surface area contributed by atoms with Crippen LogP contribution in [0.2, 0.25) is 0 Å². The predicted molar refractivity (Wildman–Crippen MR) is 124 cm³/mol. The first-order chi connectivity index (χ1) is 13.6. The van der Waals surface area contributed by atoms with Crippen molar-refractivity contribution >= 4 is 18.4 Å². The van der Waals surface area contributed by atoms with E-state index in [-0.39, 0.29) is 0 Å². The normalized spacial score (nSPS) is 17.0. The van der Waals surface area contributed by atoms with Crippen molar-refractivity contribution in [2.24, 2.45) is 5.92 Å². The van der Waals surface area contributed by atoms with E-state index in [0.29, 0.717) is 5.92 Å². The maximum atomic E-state index is 2.46. The van der Waals surface area contributed by atoms with E-state index in [1.54, 1.807) is 5.20 Å². The van der Waals surface area contributed by atoms with Gasteiger partial charge >= 0.3 is 0 Å². The fraction of sp³-hybridized carbons (Fsp3) is 0.185. The average molecular weight is 381 g/mol. The number of benzene rings is 3. The summed E-state index contributed by atoms with van der Waals surface area (Å²) in [7, 11) is -2.20. The lowest BCUT2D eigenvalue weighted by atomic mass is 10.2. The molecule has 0 amide bonds. The van der Waals surface area contributed by atoms with Gasteiger partial charge in [-0.25, -0.2) is 0 Å². The molecule has 0 saturated carbocycles. The van der Waals surface area contributed by atoms with E-state index in [1.165, 1.54) is 27.1 Å². The molecule has 0 radical (unpaired) electrons. The number of hydrogen-bond acceptors (Lipinski definition) is 0. The first-order valence-corrected chi connectivity index (χ1v) is 12.4. The highest BCUT2D eigenvalue weighted by atomic mass is 28.3. The summed E-state index contributed by atoms with van der Waals surface area (Å²) in [6.07, 6.45) is 2.46. The molecular formula is C27H28Si. The van der Waals surface area contributed by atoms with Crippen LogP contribution in [0.1, 0.15) is 26.3 Å². The van der Waals surface area contributed by atoms with E-state index in [0.717, 1.165) is 6.04 Å². The molecule has 0 spiro atoms. The maximum Gasteiger partial charge on any atom is 0.149 e. The molecule has 0 heterocycles. The maximum absolute atomic E-state index is 2.46. The second kappa shape index (κ2) is 7.77. The third-order valence-corrected chi connectivity index (χ3v) is 11.6. The van der Waals surface area contributed by atoms with Gasteiger partial charge in [0.25, 0.3) is 0 Å². The van der Waals surface area contributed by atoms with Gasteiger partial charge in [0.2, 0.25) is 0 Å². The summed E-state index contributed by atoms with van der Waals surface area (Å²) in [5, 5.41) is 4.69. The average Bonchev–Trinajstić information content (AvgIpc) is 3.00. The topological polar surface area (TPSA) is 0 Å². The van der Waals surface area contributed by atoms with Gasteiger partial charge in [-0.1, -0.05) is 120 Å². The largest absolute Gasteiger partial charge is 0.149 e. The Labute approximate surface area is 170 Å². The molecule has 0 saturated heterocycles. The third kappa shape index (κ3) is 3.20. The molecule has 0 N–H and O–H groups in total. The lowest BCUT2D eigenvalue weighted by molar-refractivity contribution is 0.917. The molecule has 0 aliphatic heterocycles.